The summed E-state index contributed by atoms with van der Waals surface area (Å²) in [5.41, 5.74) is 4.27. The molecule has 0 bridgehead atoms. The van der Waals surface area contributed by atoms with Crippen LogP contribution in [0, 0.1) is 5.92 Å². The van der Waals surface area contributed by atoms with Gasteiger partial charge in [-0.25, -0.2) is 4.98 Å². The number of nitrogens with two attached hydrogens (primary N) is 1. The van der Waals surface area contributed by atoms with Crippen molar-refractivity contribution >= 4 is 35.3 Å². The molecule has 3 saturated heterocycles. The van der Waals surface area contributed by atoms with Crippen LogP contribution in [0.3, 0.4) is 0 Å². The summed E-state index contributed by atoms with van der Waals surface area (Å²) in [5, 5.41) is 0. The average molecular weight is 632 g/mol. The van der Waals surface area contributed by atoms with E-state index in [1.54, 1.807) is 22.8 Å². The van der Waals surface area contributed by atoms with Gasteiger partial charge in [0.25, 0.3) is 0 Å². The lowest BCUT2D eigenvalue weighted by Crippen LogP contribution is -2.51. The number of amides is 2. The molecule has 16 heteroatoms. The Morgan fingerprint density at radius 1 is 0.956 bits per heavy atom. The van der Waals surface area contributed by atoms with Crippen molar-refractivity contribution in [3.8, 4) is 11.4 Å². The molecule has 3 aliphatic rings. The fraction of sp³-hybridized carbons (Fsp3) is 0.552. The molecule has 1 atom stereocenters. The fourth-order valence-electron chi connectivity index (χ4n) is 5.64. The molecule has 0 aromatic carbocycles. The topological polar surface area (TPSA) is 151 Å². The van der Waals surface area contributed by atoms with E-state index in [9.17, 15) is 27.6 Å². The molecule has 0 unspecified atom stereocenters. The highest BCUT2D eigenvalue weighted by Crippen LogP contribution is 2.37. The van der Waals surface area contributed by atoms with E-state index in [2.05, 4.69) is 19.9 Å². The summed E-state index contributed by atoms with van der Waals surface area (Å²) in [4.78, 5) is 62.0. The first-order valence-electron chi connectivity index (χ1n) is 14.9. The molecular weight excluding hydrogens is 595 g/mol. The lowest BCUT2D eigenvalue weighted by Gasteiger charge is -2.36. The van der Waals surface area contributed by atoms with Crippen LogP contribution in [0.4, 0.5) is 30.9 Å². The molecule has 2 aromatic rings. The Bertz CT molecular complexity index is 1440. The van der Waals surface area contributed by atoms with E-state index < -0.39 is 11.7 Å². The van der Waals surface area contributed by atoms with Crippen LogP contribution in [0.1, 0.15) is 31.7 Å². The van der Waals surface area contributed by atoms with E-state index in [0.717, 1.165) is 12.3 Å². The van der Waals surface area contributed by atoms with Crippen LogP contribution in [0.5, 0.6) is 0 Å². The van der Waals surface area contributed by atoms with Crippen molar-refractivity contribution in [2.45, 2.75) is 32.4 Å². The van der Waals surface area contributed by atoms with Crippen LogP contribution >= 0.6 is 0 Å². The molecule has 2 N–H and O–H groups in total. The SMILES string of the molecule is C/C=C/C(=O)CCC(=O)N1CC[C@@H](C(=O)N2CCN(c3nc(-c4cnc(N)cc4C(F)(F)F)nc(N4CCOCC4)n3)CC2)C1. The van der Waals surface area contributed by atoms with Crippen molar-refractivity contribution in [3.05, 3.63) is 30.0 Å². The monoisotopic (exact) mass is 631 g/mol. The van der Waals surface area contributed by atoms with Gasteiger partial charge in [0.1, 0.15) is 5.82 Å². The van der Waals surface area contributed by atoms with Crippen LogP contribution in [-0.2, 0) is 25.3 Å². The van der Waals surface area contributed by atoms with Crippen molar-refractivity contribution in [3.63, 3.8) is 0 Å². The predicted octanol–water partition coefficient (Wildman–Crippen LogP) is 1.79. The number of ether oxygens (including phenoxy) is 1. The lowest BCUT2D eigenvalue weighted by atomic mass is 10.1. The van der Waals surface area contributed by atoms with Gasteiger partial charge in [-0.15, -0.1) is 0 Å². The van der Waals surface area contributed by atoms with Gasteiger partial charge in [0.05, 0.1) is 30.3 Å². The highest BCUT2D eigenvalue weighted by Gasteiger charge is 2.37. The van der Waals surface area contributed by atoms with E-state index in [4.69, 9.17) is 10.5 Å². The summed E-state index contributed by atoms with van der Waals surface area (Å²) in [5.74, 6) is -0.658. The van der Waals surface area contributed by atoms with Gasteiger partial charge in [0.2, 0.25) is 23.7 Å². The standard InChI is InChI=1S/C29H36F3N9O4/c1-2-3-20(42)4-5-24(43)41-7-6-19(18-41)26(44)38-8-10-39(11-9-38)27-35-25(36-28(37-27)40-12-14-45-15-13-40)21-17-34-23(33)16-22(21)29(30,31)32/h2-3,16-17,19H,4-15,18H2,1H3,(H2,33,34)/b3-2+/t19-/m1/s1. The van der Waals surface area contributed by atoms with Crippen molar-refractivity contribution in [2.75, 3.05) is 81.1 Å². The minimum Gasteiger partial charge on any atom is -0.384 e. The highest BCUT2D eigenvalue weighted by molar-refractivity contribution is 5.92. The molecule has 5 heterocycles. The smallest absolute Gasteiger partial charge is 0.384 e. The number of ketones is 1. The third-order valence-corrected chi connectivity index (χ3v) is 8.08. The molecule has 2 amide bonds. The molecule has 45 heavy (non-hydrogen) atoms. The maximum atomic E-state index is 14.0. The van der Waals surface area contributed by atoms with E-state index in [-0.39, 0.29) is 65.5 Å². The number of halogens is 3. The Balaban J connectivity index is 1.28. The number of morpholine rings is 1. The third kappa shape index (κ3) is 7.67. The van der Waals surface area contributed by atoms with Crippen LogP contribution in [0.15, 0.2) is 24.4 Å². The summed E-state index contributed by atoms with van der Waals surface area (Å²) in [7, 11) is 0. The summed E-state index contributed by atoms with van der Waals surface area (Å²) in [6, 6.07) is 0.763. The number of pyridine rings is 1. The number of nitrogen functional groups attached to an aromatic ring is 1. The first kappa shape index (κ1) is 32.1. The second kappa shape index (κ2) is 13.7. The van der Waals surface area contributed by atoms with Gasteiger partial charge in [-0.05, 0) is 25.5 Å². The largest absolute Gasteiger partial charge is 0.417 e. The number of allylic oxidation sites excluding steroid dienone is 2. The molecule has 0 aliphatic carbocycles. The number of carbonyl (C=O) groups excluding carboxylic acids is 3. The summed E-state index contributed by atoms with van der Waals surface area (Å²) in [6.45, 7) is 5.70. The number of hydrogen-bond acceptors (Lipinski definition) is 11. The Labute approximate surface area is 258 Å². The number of anilines is 3. The van der Waals surface area contributed by atoms with Gasteiger partial charge in [-0.1, -0.05) is 6.08 Å². The maximum Gasteiger partial charge on any atom is 0.417 e. The minimum absolute atomic E-state index is 0.0527. The van der Waals surface area contributed by atoms with E-state index in [0.29, 0.717) is 72.0 Å². The highest BCUT2D eigenvalue weighted by atomic mass is 19.4. The van der Waals surface area contributed by atoms with Crippen LogP contribution in [0.2, 0.25) is 0 Å². The molecule has 3 fully saturated rings. The normalized spacial score (nSPS) is 19.4. The van der Waals surface area contributed by atoms with Crippen LogP contribution < -0.4 is 15.5 Å². The zero-order chi connectivity index (χ0) is 32.1. The molecule has 3 aliphatic heterocycles. The first-order chi connectivity index (χ1) is 21.5. The number of aromatic nitrogens is 4. The Morgan fingerprint density at radius 2 is 1.62 bits per heavy atom. The number of likely N-dealkylation sites (tertiary alicyclic amines) is 1. The van der Waals surface area contributed by atoms with Gasteiger partial charge in [-0.3, -0.25) is 14.4 Å². The van der Waals surface area contributed by atoms with Crippen LogP contribution in [0.25, 0.3) is 11.4 Å². The molecule has 13 nitrogen and oxygen atoms in total. The van der Waals surface area contributed by atoms with Crippen molar-refractivity contribution in [2.24, 2.45) is 5.92 Å². The van der Waals surface area contributed by atoms with Gasteiger partial charge >= 0.3 is 6.18 Å². The van der Waals surface area contributed by atoms with Gasteiger partial charge in [0, 0.05) is 71.4 Å². The average Bonchev–Trinajstić information content (AvgIpc) is 3.54. The number of nitrogens with zero attached hydrogens (tertiary/aromatic N) is 8. The molecule has 242 valence electrons. The van der Waals surface area contributed by atoms with Crippen LogP contribution in [-0.4, -0.2) is 113 Å². The Kier molecular flexibility index (Phi) is 9.80. The molecule has 5 rings (SSSR count). The summed E-state index contributed by atoms with van der Waals surface area (Å²) < 4.78 is 47.3. The second-order valence-electron chi connectivity index (χ2n) is 11.1. The molecular formula is C29H36F3N9O4. The molecule has 2 aromatic heterocycles. The van der Waals surface area contributed by atoms with E-state index in [1.807, 2.05) is 9.80 Å². The molecule has 0 saturated carbocycles. The third-order valence-electron chi connectivity index (χ3n) is 8.08. The zero-order valence-corrected chi connectivity index (χ0v) is 25.0. The van der Waals surface area contributed by atoms with Crippen molar-refractivity contribution < 1.29 is 32.3 Å². The van der Waals surface area contributed by atoms with E-state index >= 15 is 0 Å². The second-order valence-corrected chi connectivity index (χ2v) is 11.1. The zero-order valence-electron chi connectivity index (χ0n) is 25.0. The Morgan fingerprint density at radius 3 is 2.27 bits per heavy atom. The first-order valence-corrected chi connectivity index (χ1v) is 14.9. The summed E-state index contributed by atoms with van der Waals surface area (Å²) in [6.07, 6.45) is 0.185. The van der Waals surface area contributed by atoms with Gasteiger partial charge in [-0.2, -0.15) is 28.1 Å². The fourth-order valence-corrected chi connectivity index (χ4v) is 5.64. The quantitative estimate of drug-likeness (QED) is 0.425. The molecule has 0 spiro atoms. The van der Waals surface area contributed by atoms with Gasteiger partial charge < -0.3 is 30.1 Å². The number of carbonyl (C=O) groups is 3. The van der Waals surface area contributed by atoms with Crippen molar-refractivity contribution in [1.29, 1.82) is 0 Å². The molecule has 0 radical (unpaired) electrons. The maximum absolute atomic E-state index is 14.0. The minimum atomic E-state index is -4.71. The number of alkyl halides is 3. The summed E-state index contributed by atoms with van der Waals surface area (Å²) >= 11 is 0. The Hall–Kier alpha value is -4.34. The van der Waals surface area contributed by atoms with E-state index in [1.165, 1.54) is 6.08 Å². The number of piperazine rings is 1. The van der Waals surface area contributed by atoms with Crippen molar-refractivity contribution in [1.82, 2.24) is 29.7 Å². The predicted molar refractivity (Wildman–Crippen MR) is 158 cm³/mol. The lowest BCUT2D eigenvalue weighted by molar-refractivity contribution is -0.137. The number of rotatable bonds is 8. The number of hydrogen-bond donors (Lipinski definition) is 1. The van der Waals surface area contributed by atoms with Gasteiger partial charge in [0.15, 0.2) is 11.6 Å².